The Morgan fingerprint density at radius 2 is 2.26 bits per heavy atom. The Kier molecular flexibility index (Phi) is 5.25. The molecule has 19 heavy (non-hydrogen) atoms. The van der Waals surface area contributed by atoms with Crippen LogP contribution < -0.4 is 5.32 Å². The van der Waals surface area contributed by atoms with Crippen molar-refractivity contribution in [3.8, 4) is 0 Å². The summed E-state index contributed by atoms with van der Waals surface area (Å²) in [5.74, 6) is -0.616. The van der Waals surface area contributed by atoms with Crippen molar-refractivity contribution in [2.24, 2.45) is 5.92 Å². The number of carbonyl (C=O) groups excluding carboxylic acids is 1. The normalized spacial score (nSPS) is 11.7. The molecule has 1 aromatic rings. The fourth-order valence-corrected chi connectivity index (χ4v) is 1.43. The number of nitro groups is 1. The number of benzene rings is 1. The molecule has 0 saturated carbocycles. The number of rotatable bonds is 6. The number of anilines is 1. The lowest BCUT2D eigenvalue weighted by Gasteiger charge is -2.11. The lowest BCUT2D eigenvalue weighted by Crippen LogP contribution is -2.15. The van der Waals surface area contributed by atoms with Gasteiger partial charge in [-0.1, -0.05) is 6.92 Å². The van der Waals surface area contributed by atoms with Crippen LogP contribution in [-0.2, 0) is 4.74 Å². The van der Waals surface area contributed by atoms with Gasteiger partial charge in [-0.3, -0.25) is 10.1 Å². The molecule has 0 aromatic heterocycles. The molecule has 1 unspecified atom stereocenters. The van der Waals surface area contributed by atoms with E-state index in [0.717, 1.165) is 0 Å². The van der Waals surface area contributed by atoms with Crippen LogP contribution in [0.3, 0.4) is 0 Å². The number of hydrogen-bond acceptors (Lipinski definition) is 6. The maximum absolute atomic E-state index is 11.4. The predicted octanol–water partition coefficient (Wildman–Crippen LogP) is 1.42. The van der Waals surface area contributed by atoms with Crippen molar-refractivity contribution in [1.29, 1.82) is 0 Å². The summed E-state index contributed by atoms with van der Waals surface area (Å²) in [7, 11) is 1.24. The molecular weight excluding hydrogens is 252 g/mol. The van der Waals surface area contributed by atoms with Gasteiger partial charge in [-0.05, 0) is 18.1 Å². The third-order valence-corrected chi connectivity index (χ3v) is 2.57. The van der Waals surface area contributed by atoms with Crippen molar-refractivity contribution < 1.29 is 19.6 Å². The third kappa shape index (κ3) is 3.92. The molecule has 0 spiro atoms. The van der Waals surface area contributed by atoms with Crippen LogP contribution in [-0.4, -0.2) is 36.3 Å². The summed E-state index contributed by atoms with van der Waals surface area (Å²) in [6, 6.07) is 3.96. The zero-order valence-corrected chi connectivity index (χ0v) is 10.8. The van der Waals surface area contributed by atoms with E-state index in [-0.39, 0.29) is 29.5 Å². The summed E-state index contributed by atoms with van der Waals surface area (Å²) >= 11 is 0. The van der Waals surface area contributed by atoms with E-state index in [9.17, 15) is 14.9 Å². The van der Waals surface area contributed by atoms with Crippen molar-refractivity contribution in [2.45, 2.75) is 6.92 Å². The number of nitrogens with zero attached hydrogens (tertiary/aromatic N) is 1. The number of carbonyl (C=O) groups is 1. The van der Waals surface area contributed by atoms with E-state index in [2.05, 4.69) is 10.1 Å². The molecule has 0 fully saturated rings. The van der Waals surface area contributed by atoms with Crippen LogP contribution >= 0.6 is 0 Å². The van der Waals surface area contributed by atoms with E-state index < -0.39 is 10.9 Å². The van der Waals surface area contributed by atoms with Crippen molar-refractivity contribution in [3.63, 3.8) is 0 Å². The highest BCUT2D eigenvalue weighted by Crippen LogP contribution is 2.26. The molecule has 0 aliphatic rings. The second-order valence-electron chi connectivity index (χ2n) is 4.15. The largest absolute Gasteiger partial charge is 0.465 e. The van der Waals surface area contributed by atoms with Gasteiger partial charge in [0, 0.05) is 19.2 Å². The zero-order valence-electron chi connectivity index (χ0n) is 10.8. The van der Waals surface area contributed by atoms with Gasteiger partial charge in [0.25, 0.3) is 5.69 Å². The second kappa shape index (κ2) is 6.69. The van der Waals surface area contributed by atoms with Gasteiger partial charge in [0.15, 0.2) is 0 Å². The lowest BCUT2D eigenvalue weighted by atomic mass is 10.1. The Morgan fingerprint density at radius 3 is 2.79 bits per heavy atom. The highest BCUT2D eigenvalue weighted by Gasteiger charge is 2.17. The maximum Gasteiger partial charge on any atom is 0.337 e. The summed E-state index contributed by atoms with van der Waals surface area (Å²) < 4.78 is 4.56. The molecule has 0 saturated heterocycles. The molecule has 1 atom stereocenters. The third-order valence-electron chi connectivity index (χ3n) is 2.57. The highest BCUT2D eigenvalue weighted by atomic mass is 16.6. The van der Waals surface area contributed by atoms with Crippen molar-refractivity contribution >= 4 is 17.3 Å². The molecular formula is C12H16N2O5. The molecule has 0 radical (unpaired) electrons. The summed E-state index contributed by atoms with van der Waals surface area (Å²) in [5.41, 5.74) is 0.332. The number of methoxy groups -OCH3 is 1. The number of esters is 1. The van der Waals surface area contributed by atoms with Gasteiger partial charge in [0.1, 0.15) is 5.69 Å². The molecule has 0 amide bonds. The maximum atomic E-state index is 11.4. The molecule has 0 bridgehead atoms. The van der Waals surface area contributed by atoms with Crippen LogP contribution in [0.5, 0.6) is 0 Å². The first-order chi connectivity index (χ1) is 8.99. The Morgan fingerprint density at radius 1 is 1.58 bits per heavy atom. The van der Waals surface area contributed by atoms with Crippen LogP contribution in [0.4, 0.5) is 11.4 Å². The molecule has 1 aromatic carbocycles. The molecule has 104 valence electrons. The topological polar surface area (TPSA) is 102 Å². The average molecular weight is 268 g/mol. The van der Waals surface area contributed by atoms with E-state index in [4.69, 9.17) is 5.11 Å². The number of aliphatic hydroxyl groups is 1. The fourth-order valence-electron chi connectivity index (χ4n) is 1.43. The number of hydrogen-bond donors (Lipinski definition) is 2. The van der Waals surface area contributed by atoms with Crippen molar-refractivity contribution in [1.82, 2.24) is 0 Å². The monoisotopic (exact) mass is 268 g/mol. The molecule has 1 rings (SSSR count). The molecule has 2 N–H and O–H groups in total. The van der Waals surface area contributed by atoms with Gasteiger partial charge in [-0.15, -0.1) is 0 Å². The Labute approximate surface area is 110 Å². The minimum atomic E-state index is -0.562. The van der Waals surface area contributed by atoms with Crippen LogP contribution in [0.25, 0.3) is 0 Å². The Hall–Kier alpha value is -2.15. The minimum Gasteiger partial charge on any atom is -0.465 e. The van der Waals surface area contributed by atoms with E-state index in [1.807, 2.05) is 0 Å². The smallest absolute Gasteiger partial charge is 0.337 e. The number of nitro benzene ring substituents is 1. The van der Waals surface area contributed by atoms with Gasteiger partial charge in [-0.2, -0.15) is 0 Å². The van der Waals surface area contributed by atoms with E-state index in [0.29, 0.717) is 6.54 Å². The van der Waals surface area contributed by atoms with Crippen LogP contribution in [0.2, 0.25) is 0 Å². The Balaban J connectivity index is 3.01. The van der Waals surface area contributed by atoms with Gasteiger partial charge >= 0.3 is 5.97 Å². The lowest BCUT2D eigenvalue weighted by molar-refractivity contribution is -0.384. The van der Waals surface area contributed by atoms with Crippen LogP contribution in [0.1, 0.15) is 17.3 Å². The second-order valence-corrected chi connectivity index (χ2v) is 4.15. The quantitative estimate of drug-likeness (QED) is 0.459. The first kappa shape index (κ1) is 14.9. The Bertz CT molecular complexity index is 475. The molecule has 7 nitrogen and oxygen atoms in total. The average Bonchev–Trinajstić information content (AvgIpc) is 2.43. The highest BCUT2D eigenvalue weighted by molar-refractivity contribution is 5.91. The van der Waals surface area contributed by atoms with Crippen LogP contribution in [0.15, 0.2) is 18.2 Å². The van der Waals surface area contributed by atoms with Gasteiger partial charge in [-0.25, -0.2) is 4.79 Å². The van der Waals surface area contributed by atoms with E-state index >= 15 is 0 Å². The molecule has 0 heterocycles. The predicted molar refractivity (Wildman–Crippen MR) is 69.2 cm³/mol. The summed E-state index contributed by atoms with van der Waals surface area (Å²) in [6.45, 7) is 2.13. The van der Waals surface area contributed by atoms with Crippen molar-refractivity contribution in [2.75, 3.05) is 25.6 Å². The van der Waals surface area contributed by atoms with Crippen molar-refractivity contribution in [3.05, 3.63) is 33.9 Å². The molecule has 0 aliphatic heterocycles. The number of aliphatic hydroxyl groups excluding tert-OH is 1. The number of ether oxygens (including phenoxy) is 1. The fraction of sp³-hybridized carbons (Fsp3) is 0.417. The van der Waals surface area contributed by atoms with Crippen LogP contribution in [0, 0.1) is 16.0 Å². The molecule has 0 aliphatic carbocycles. The standard InChI is InChI=1S/C12H16N2O5/c1-8(7-15)6-13-10-5-9(12(16)19-2)3-4-11(10)14(17)18/h3-5,8,13,15H,6-7H2,1-2H3. The van der Waals surface area contributed by atoms with E-state index in [1.54, 1.807) is 6.92 Å². The summed E-state index contributed by atoms with van der Waals surface area (Å²) in [6.07, 6.45) is 0. The molecule has 7 heteroatoms. The van der Waals surface area contributed by atoms with Gasteiger partial charge in [0.05, 0.1) is 17.6 Å². The summed E-state index contributed by atoms with van der Waals surface area (Å²) in [4.78, 5) is 21.7. The zero-order chi connectivity index (χ0) is 14.4. The number of nitrogens with one attached hydrogen (secondary N) is 1. The van der Waals surface area contributed by atoms with E-state index in [1.165, 1.54) is 25.3 Å². The first-order valence-electron chi connectivity index (χ1n) is 5.71. The summed E-state index contributed by atoms with van der Waals surface area (Å²) in [5, 5.41) is 22.7. The van der Waals surface area contributed by atoms with Gasteiger partial charge in [0.2, 0.25) is 0 Å². The minimum absolute atomic E-state index is 0.0303. The first-order valence-corrected chi connectivity index (χ1v) is 5.71. The SMILES string of the molecule is COC(=O)c1ccc([N+](=O)[O-])c(NCC(C)CO)c1. The van der Waals surface area contributed by atoms with Gasteiger partial charge < -0.3 is 15.2 Å².